The molecule has 0 aliphatic carbocycles. The maximum atomic E-state index is 13.1. The summed E-state index contributed by atoms with van der Waals surface area (Å²) in [6.07, 6.45) is 5.23. The van der Waals surface area contributed by atoms with E-state index in [0.29, 0.717) is 28.3 Å². The van der Waals surface area contributed by atoms with Crippen LogP contribution in [-0.4, -0.2) is 33.6 Å². The van der Waals surface area contributed by atoms with Crippen LogP contribution in [0.15, 0.2) is 47.1 Å². The van der Waals surface area contributed by atoms with Crippen LogP contribution in [0.3, 0.4) is 0 Å². The van der Waals surface area contributed by atoms with Crippen LogP contribution in [-0.2, 0) is 13.6 Å². The number of fused-ring (bicyclic) bond motifs is 1. The molecule has 4 aromatic rings. The Balaban J connectivity index is 1.83. The van der Waals surface area contributed by atoms with Gasteiger partial charge in [-0.15, -0.1) is 11.3 Å². The van der Waals surface area contributed by atoms with Crippen LogP contribution < -0.4 is 15.0 Å². The van der Waals surface area contributed by atoms with Gasteiger partial charge in [-0.2, -0.15) is 5.10 Å². The van der Waals surface area contributed by atoms with Gasteiger partial charge in [0.05, 0.1) is 38.7 Å². The molecule has 7 nitrogen and oxygen atoms in total. The number of thiophene rings is 1. The quantitative estimate of drug-likeness (QED) is 0.531. The summed E-state index contributed by atoms with van der Waals surface area (Å²) in [7, 11) is 5.04. The summed E-state index contributed by atoms with van der Waals surface area (Å²) >= 11 is 1.45. The predicted octanol–water partition coefficient (Wildman–Crippen LogP) is 2.92. The van der Waals surface area contributed by atoms with E-state index in [9.17, 15) is 4.79 Å². The van der Waals surface area contributed by atoms with Crippen LogP contribution in [0, 0.1) is 0 Å². The van der Waals surface area contributed by atoms with E-state index >= 15 is 0 Å². The third-order valence-corrected chi connectivity index (χ3v) is 5.25. The number of benzene rings is 1. The normalized spacial score (nSPS) is 11.1. The molecule has 0 bridgehead atoms. The number of aromatic nitrogens is 4. The molecule has 0 saturated carbocycles. The first-order chi connectivity index (χ1) is 13.1. The van der Waals surface area contributed by atoms with E-state index in [1.165, 1.54) is 11.3 Å². The minimum absolute atomic E-state index is 0.0742. The van der Waals surface area contributed by atoms with Gasteiger partial charge in [-0.1, -0.05) is 6.07 Å². The molecule has 0 fully saturated rings. The van der Waals surface area contributed by atoms with Crippen LogP contribution in [0.1, 0.15) is 5.56 Å². The molecule has 3 heterocycles. The van der Waals surface area contributed by atoms with Gasteiger partial charge in [-0.3, -0.25) is 14.0 Å². The van der Waals surface area contributed by atoms with Crippen molar-refractivity contribution in [3.05, 3.63) is 58.2 Å². The van der Waals surface area contributed by atoms with Gasteiger partial charge in [-0.25, -0.2) is 4.98 Å². The molecular weight excluding hydrogens is 364 g/mol. The van der Waals surface area contributed by atoms with Gasteiger partial charge in [0.2, 0.25) is 0 Å². The molecule has 0 aliphatic heterocycles. The zero-order valence-corrected chi connectivity index (χ0v) is 16.0. The predicted molar refractivity (Wildman–Crippen MR) is 105 cm³/mol. The first-order valence-electron chi connectivity index (χ1n) is 8.27. The zero-order valence-electron chi connectivity index (χ0n) is 15.2. The first kappa shape index (κ1) is 17.3. The molecule has 8 heteroatoms. The molecule has 0 amide bonds. The summed E-state index contributed by atoms with van der Waals surface area (Å²) in [5.41, 5.74) is 2.60. The lowest BCUT2D eigenvalue weighted by Gasteiger charge is -2.09. The monoisotopic (exact) mass is 382 g/mol. The van der Waals surface area contributed by atoms with Crippen molar-refractivity contribution in [1.82, 2.24) is 19.3 Å². The molecule has 4 rings (SSSR count). The third-order valence-electron chi connectivity index (χ3n) is 4.37. The Bertz CT molecular complexity index is 1180. The Morgan fingerprint density at radius 1 is 1.19 bits per heavy atom. The average molecular weight is 382 g/mol. The van der Waals surface area contributed by atoms with Gasteiger partial charge >= 0.3 is 0 Å². The summed E-state index contributed by atoms with van der Waals surface area (Å²) in [5, 5.41) is 6.72. The van der Waals surface area contributed by atoms with Gasteiger partial charge in [0.25, 0.3) is 5.56 Å². The second-order valence-electron chi connectivity index (χ2n) is 6.10. The minimum atomic E-state index is -0.0742. The fraction of sp³-hybridized carbons (Fsp3) is 0.211. The standard InChI is InChI=1S/C19H18N4O3S/c1-22-8-12(7-21-22)9-23-11-20-18-17(19(23)24)14(10-27-18)13-4-5-15(25-2)16(6-13)26-3/h4-8,10-11H,9H2,1-3H3. The molecule has 0 aliphatic rings. The molecule has 3 aromatic heterocycles. The van der Waals surface area contributed by atoms with Crippen LogP contribution in [0.5, 0.6) is 11.5 Å². The summed E-state index contributed by atoms with van der Waals surface area (Å²) in [5.74, 6) is 1.27. The summed E-state index contributed by atoms with van der Waals surface area (Å²) in [6.45, 7) is 0.427. The fourth-order valence-corrected chi connectivity index (χ4v) is 3.95. The maximum Gasteiger partial charge on any atom is 0.263 e. The Hall–Kier alpha value is -3.13. The average Bonchev–Trinajstić information content (AvgIpc) is 3.30. The molecule has 0 unspecified atom stereocenters. The van der Waals surface area contributed by atoms with E-state index < -0.39 is 0 Å². The minimum Gasteiger partial charge on any atom is -0.493 e. The van der Waals surface area contributed by atoms with Crippen molar-refractivity contribution in [3.8, 4) is 22.6 Å². The number of methoxy groups -OCH3 is 2. The van der Waals surface area contributed by atoms with Crippen molar-refractivity contribution < 1.29 is 9.47 Å². The molecule has 0 atom stereocenters. The summed E-state index contributed by atoms with van der Waals surface area (Å²) in [6, 6.07) is 5.63. The summed E-state index contributed by atoms with van der Waals surface area (Å²) in [4.78, 5) is 18.3. The van der Waals surface area contributed by atoms with E-state index in [1.807, 2.05) is 36.8 Å². The number of hydrogen-bond acceptors (Lipinski definition) is 6. The van der Waals surface area contributed by atoms with Crippen molar-refractivity contribution in [2.24, 2.45) is 7.05 Å². The Labute approximate surface area is 159 Å². The van der Waals surface area contributed by atoms with Crippen molar-refractivity contribution in [1.29, 1.82) is 0 Å². The first-order valence-corrected chi connectivity index (χ1v) is 9.15. The van der Waals surface area contributed by atoms with Gasteiger partial charge in [0, 0.05) is 29.8 Å². The van der Waals surface area contributed by atoms with E-state index in [4.69, 9.17) is 9.47 Å². The highest BCUT2D eigenvalue weighted by atomic mass is 32.1. The number of ether oxygens (including phenoxy) is 2. The Morgan fingerprint density at radius 3 is 2.70 bits per heavy atom. The molecule has 27 heavy (non-hydrogen) atoms. The van der Waals surface area contributed by atoms with Crippen LogP contribution in [0.25, 0.3) is 21.3 Å². The third kappa shape index (κ3) is 3.08. The van der Waals surface area contributed by atoms with Crippen LogP contribution in [0.4, 0.5) is 0 Å². The van der Waals surface area contributed by atoms with Crippen LogP contribution >= 0.6 is 11.3 Å². The highest BCUT2D eigenvalue weighted by Gasteiger charge is 2.15. The number of rotatable bonds is 5. The smallest absolute Gasteiger partial charge is 0.263 e. The second-order valence-corrected chi connectivity index (χ2v) is 6.96. The van der Waals surface area contributed by atoms with Crippen molar-refractivity contribution >= 4 is 21.6 Å². The number of hydrogen-bond donors (Lipinski definition) is 0. The molecular formula is C19H18N4O3S. The lowest BCUT2D eigenvalue weighted by Crippen LogP contribution is -2.20. The Kier molecular flexibility index (Phi) is 4.41. The van der Waals surface area contributed by atoms with E-state index in [-0.39, 0.29) is 5.56 Å². The number of nitrogens with zero attached hydrogens (tertiary/aromatic N) is 4. The van der Waals surface area contributed by atoms with Crippen molar-refractivity contribution in [2.45, 2.75) is 6.54 Å². The molecule has 0 radical (unpaired) electrons. The van der Waals surface area contributed by atoms with Crippen molar-refractivity contribution in [2.75, 3.05) is 14.2 Å². The SMILES string of the molecule is COc1ccc(-c2csc3ncn(Cc4cnn(C)c4)c(=O)c23)cc1OC. The van der Waals surface area contributed by atoms with Crippen molar-refractivity contribution in [3.63, 3.8) is 0 Å². The molecule has 0 N–H and O–H groups in total. The Morgan fingerprint density at radius 2 is 2.00 bits per heavy atom. The number of aryl methyl sites for hydroxylation is 1. The topological polar surface area (TPSA) is 71.2 Å². The highest BCUT2D eigenvalue weighted by molar-refractivity contribution is 7.17. The summed E-state index contributed by atoms with van der Waals surface area (Å²) < 4.78 is 14.0. The van der Waals surface area contributed by atoms with Gasteiger partial charge in [0.15, 0.2) is 11.5 Å². The zero-order chi connectivity index (χ0) is 19.0. The van der Waals surface area contributed by atoms with E-state index in [2.05, 4.69) is 10.1 Å². The molecule has 1 aromatic carbocycles. The van der Waals surface area contributed by atoms with E-state index in [0.717, 1.165) is 16.7 Å². The second kappa shape index (κ2) is 6.88. The van der Waals surface area contributed by atoms with Gasteiger partial charge in [0.1, 0.15) is 4.83 Å². The lowest BCUT2D eigenvalue weighted by atomic mass is 10.1. The van der Waals surface area contributed by atoms with Gasteiger partial charge < -0.3 is 9.47 Å². The molecule has 138 valence electrons. The highest BCUT2D eigenvalue weighted by Crippen LogP contribution is 2.36. The van der Waals surface area contributed by atoms with Crippen LogP contribution in [0.2, 0.25) is 0 Å². The molecule has 0 saturated heterocycles. The van der Waals surface area contributed by atoms with Gasteiger partial charge in [-0.05, 0) is 17.7 Å². The maximum absolute atomic E-state index is 13.1. The molecule has 0 spiro atoms. The van der Waals surface area contributed by atoms with E-state index in [1.54, 1.807) is 36.0 Å². The fourth-order valence-electron chi connectivity index (χ4n) is 3.05. The lowest BCUT2D eigenvalue weighted by molar-refractivity contribution is 0.355. The largest absolute Gasteiger partial charge is 0.493 e.